The number of aliphatic hydroxyl groups is 1. The fourth-order valence-electron chi connectivity index (χ4n) is 4.79. The molecule has 1 saturated carbocycles. The third-order valence-corrected chi connectivity index (χ3v) is 6.93. The van der Waals surface area contributed by atoms with E-state index in [0.29, 0.717) is 43.2 Å². The standard InChI is InChI=1S/C29H29F3O4/c1-2-3-24(33)19-8-6-18(7-9-19)22-13-15-26(28(32)27(22)31)36-29(35)20-10-4-17(5-11-20)21-12-14-25(34)23(30)16-21/h6-9,12-17,20,24,33-34H,2-5,10-11H2,1H3. The van der Waals surface area contributed by atoms with E-state index in [0.717, 1.165) is 12.0 Å². The fraction of sp³-hybridized carbons (Fsp3) is 0.345. The summed E-state index contributed by atoms with van der Waals surface area (Å²) in [7, 11) is 0. The van der Waals surface area contributed by atoms with Crippen LogP contribution in [-0.4, -0.2) is 16.2 Å². The van der Waals surface area contributed by atoms with E-state index in [1.54, 1.807) is 30.3 Å². The summed E-state index contributed by atoms with van der Waals surface area (Å²) in [5.41, 5.74) is 1.94. The van der Waals surface area contributed by atoms with E-state index in [9.17, 15) is 28.2 Å². The number of hydrogen-bond acceptors (Lipinski definition) is 4. The van der Waals surface area contributed by atoms with Gasteiger partial charge in [0.15, 0.2) is 23.1 Å². The molecule has 0 aliphatic heterocycles. The van der Waals surface area contributed by atoms with E-state index in [1.165, 1.54) is 24.3 Å². The van der Waals surface area contributed by atoms with Crippen molar-refractivity contribution in [3.63, 3.8) is 0 Å². The van der Waals surface area contributed by atoms with Crippen LogP contribution in [0.5, 0.6) is 11.5 Å². The van der Waals surface area contributed by atoms with Crippen LogP contribution in [-0.2, 0) is 4.79 Å². The minimum Gasteiger partial charge on any atom is -0.505 e. The molecule has 1 unspecified atom stereocenters. The summed E-state index contributed by atoms with van der Waals surface area (Å²) < 4.78 is 48.5. The Labute approximate surface area is 208 Å². The Bertz CT molecular complexity index is 1220. The average Bonchev–Trinajstić information content (AvgIpc) is 2.89. The molecule has 0 bridgehead atoms. The van der Waals surface area contributed by atoms with Gasteiger partial charge in [-0.3, -0.25) is 4.79 Å². The number of rotatable bonds is 7. The number of esters is 1. The lowest BCUT2D eigenvalue weighted by Gasteiger charge is -2.27. The zero-order chi connectivity index (χ0) is 25.8. The summed E-state index contributed by atoms with van der Waals surface area (Å²) >= 11 is 0. The van der Waals surface area contributed by atoms with Crippen LogP contribution < -0.4 is 4.74 Å². The molecule has 1 fully saturated rings. The van der Waals surface area contributed by atoms with Gasteiger partial charge in [-0.2, -0.15) is 4.39 Å². The number of hydrogen-bond donors (Lipinski definition) is 2. The molecular weight excluding hydrogens is 469 g/mol. The Balaban J connectivity index is 1.40. The first-order valence-electron chi connectivity index (χ1n) is 12.2. The zero-order valence-corrected chi connectivity index (χ0v) is 20.0. The second-order valence-corrected chi connectivity index (χ2v) is 9.35. The average molecular weight is 499 g/mol. The van der Waals surface area contributed by atoms with Crippen molar-refractivity contribution in [1.82, 2.24) is 0 Å². The molecule has 0 saturated heterocycles. The molecule has 1 atom stereocenters. The van der Waals surface area contributed by atoms with Gasteiger partial charge in [0.05, 0.1) is 12.0 Å². The Morgan fingerprint density at radius 3 is 2.31 bits per heavy atom. The van der Waals surface area contributed by atoms with Gasteiger partial charge in [-0.25, -0.2) is 8.78 Å². The van der Waals surface area contributed by atoms with Crippen LogP contribution in [0.3, 0.4) is 0 Å². The minimum atomic E-state index is -1.23. The summed E-state index contributed by atoms with van der Waals surface area (Å²) in [6.45, 7) is 1.97. The molecule has 0 amide bonds. The van der Waals surface area contributed by atoms with Gasteiger partial charge in [-0.15, -0.1) is 0 Å². The lowest BCUT2D eigenvalue weighted by atomic mass is 9.78. The van der Waals surface area contributed by atoms with Gasteiger partial charge in [0.1, 0.15) is 0 Å². The number of aromatic hydroxyl groups is 1. The molecule has 2 N–H and O–H groups in total. The Morgan fingerprint density at radius 2 is 1.67 bits per heavy atom. The number of benzene rings is 3. The van der Waals surface area contributed by atoms with Crippen molar-refractivity contribution < 1.29 is 32.9 Å². The van der Waals surface area contributed by atoms with Gasteiger partial charge in [0.2, 0.25) is 5.82 Å². The molecule has 7 heteroatoms. The molecule has 3 aromatic rings. The van der Waals surface area contributed by atoms with Crippen LogP contribution in [0.15, 0.2) is 54.6 Å². The molecule has 1 aliphatic rings. The smallest absolute Gasteiger partial charge is 0.314 e. The molecule has 36 heavy (non-hydrogen) atoms. The van der Waals surface area contributed by atoms with Gasteiger partial charge in [-0.05, 0) is 79.0 Å². The molecular formula is C29H29F3O4. The highest BCUT2D eigenvalue weighted by Gasteiger charge is 2.30. The quantitative estimate of drug-likeness (QED) is 0.267. The molecule has 4 nitrogen and oxygen atoms in total. The third kappa shape index (κ3) is 5.57. The van der Waals surface area contributed by atoms with Crippen LogP contribution in [0.25, 0.3) is 11.1 Å². The van der Waals surface area contributed by atoms with Crippen LogP contribution in [0, 0.1) is 23.4 Å². The second-order valence-electron chi connectivity index (χ2n) is 9.35. The van der Waals surface area contributed by atoms with E-state index in [4.69, 9.17) is 4.74 Å². The molecule has 0 spiro atoms. The number of phenols is 1. The SMILES string of the molecule is CCCC(O)c1ccc(-c2ccc(OC(=O)C3CCC(c4ccc(O)c(F)c4)CC3)c(F)c2F)cc1. The lowest BCUT2D eigenvalue weighted by Crippen LogP contribution is -2.25. The van der Waals surface area contributed by atoms with Gasteiger partial charge in [-0.1, -0.05) is 43.7 Å². The first-order valence-corrected chi connectivity index (χ1v) is 12.2. The predicted molar refractivity (Wildman–Crippen MR) is 130 cm³/mol. The summed E-state index contributed by atoms with van der Waals surface area (Å²) in [4.78, 5) is 12.7. The minimum absolute atomic E-state index is 0.0328. The molecule has 4 rings (SSSR count). The number of halogens is 3. The highest BCUT2D eigenvalue weighted by molar-refractivity contribution is 5.76. The van der Waals surface area contributed by atoms with E-state index < -0.39 is 46.9 Å². The molecule has 1 aliphatic carbocycles. The fourth-order valence-corrected chi connectivity index (χ4v) is 4.79. The maximum atomic E-state index is 14.9. The van der Waals surface area contributed by atoms with Crippen molar-refractivity contribution in [2.24, 2.45) is 5.92 Å². The maximum Gasteiger partial charge on any atom is 0.314 e. The Hall–Kier alpha value is -3.32. The van der Waals surface area contributed by atoms with Crippen molar-refractivity contribution in [2.45, 2.75) is 57.5 Å². The normalized spacial score (nSPS) is 18.6. The van der Waals surface area contributed by atoms with Crippen molar-refractivity contribution in [2.75, 3.05) is 0 Å². The van der Waals surface area contributed by atoms with Gasteiger partial charge >= 0.3 is 5.97 Å². The van der Waals surface area contributed by atoms with Gasteiger partial charge < -0.3 is 14.9 Å². The van der Waals surface area contributed by atoms with Gasteiger partial charge in [0, 0.05) is 5.56 Å². The Morgan fingerprint density at radius 1 is 0.972 bits per heavy atom. The van der Waals surface area contributed by atoms with E-state index in [2.05, 4.69) is 0 Å². The molecule has 3 aromatic carbocycles. The summed E-state index contributed by atoms with van der Waals surface area (Å²) in [6.07, 6.45) is 3.01. The first kappa shape index (κ1) is 25.8. The highest BCUT2D eigenvalue weighted by Crippen LogP contribution is 2.38. The number of carbonyl (C=O) groups excluding carboxylic acids is 1. The van der Waals surface area contributed by atoms with Crippen molar-refractivity contribution in [1.29, 1.82) is 0 Å². The Kier molecular flexibility index (Phi) is 7.99. The highest BCUT2D eigenvalue weighted by atomic mass is 19.2. The predicted octanol–water partition coefficient (Wildman–Crippen LogP) is 7.19. The topological polar surface area (TPSA) is 66.8 Å². The van der Waals surface area contributed by atoms with E-state index >= 15 is 0 Å². The third-order valence-electron chi connectivity index (χ3n) is 6.93. The summed E-state index contributed by atoms with van der Waals surface area (Å²) in [5.74, 6) is -4.92. The number of phenolic OH excluding ortho intramolecular Hbond substituents is 1. The number of ether oxygens (including phenoxy) is 1. The molecule has 190 valence electrons. The zero-order valence-electron chi connectivity index (χ0n) is 20.0. The van der Waals surface area contributed by atoms with Crippen molar-refractivity contribution >= 4 is 5.97 Å². The molecule has 0 heterocycles. The van der Waals surface area contributed by atoms with Crippen LogP contribution in [0.1, 0.15) is 68.6 Å². The number of carbonyl (C=O) groups is 1. The van der Waals surface area contributed by atoms with E-state index in [1.807, 2.05) is 6.92 Å². The summed E-state index contributed by atoms with van der Waals surface area (Å²) in [5, 5.41) is 19.5. The van der Waals surface area contributed by atoms with Crippen molar-refractivity contribution in [3.8, 4) is 22.6 Å². The van der Waals surface area contributed by atoms with E-state index in [-0.39, 0.29) is 11.5 Å². The second kappa shape index (κ2) is 11.2. The number of aliphatic hydroxyl groups excluding tert-OH is 1. The van der Waals surface area contributed by atoms with Crippen LogP contribution >= 0.6 is 0 Å². The maximum absolute atomic E-state index is 14.9. The van der Waals surface area contributed by atoms with Crippen molar-refractivity contribution in [3.05, 3.63) is 83.2 Å². The van der Waals surface area contributed by atoms with Crippen LogP contribution in [0.4, 0.5) is 13.2 Å². The largest absolute Gasteiger partial charge is 0.505 e. The van der Waals surface area contributed by atoms with Gasteiger partial charge in [0.25, 0.3) is 0 Å². The summed E-state index contributed by atoms with van der Waals surface area (Å²) in [6, 6.07) is 13.5. The molecule has 0 aromatic heterocycles. The first-order chi connectivity index (χ1) is 17.3. The molecule has 0 radical (unpaired) electrons. The lowest BCUT2D eigenvalue weighted by molar-refractivity contribution is -0.140. The van der Waals surface area contributed by atoms with Crippen LogP contribution in [0.2, 0.25) is 0 Å². The monoisotopic (exact) mass is 498 g/mol.